The highest BCUT2D eigenvalue weighted by atomic mass is 16.8. The third-order valence-electron chi connectivity index (χ3n) is 0.657. The van der Waals surface area contributed by atoms with Gasteiger partial charge in [-0.2, -0.15) is 0 Å². The van der Waals surface area contributed by atoms with Crippen LogP contribution in [0.25, 0.3) is 0 Å². The number of nitrogens with zero attached hydrogens (tertiary/aromatic N) is 1. The number of ether oxygens (including phenoxy) is 1. The van der Waals surface area contributed by atoms with Gasteiger partial charge in [0.2, 0.25) is 0 Å². The van der Waals surface area contributed by atoms with Gasteiger partial charge in [-0.05, 0) is 0 Å². The van der Waals surface area contributed by atoms with E-state index in [1.807, 2.05) is 0 Å². The Hall–Kier alpha value is -1.70. The number of carbonyl (C=O) groups is 1. The van der Waals surface area contributed by atoms with Crippen LogP contribution in [-0.4, -0.2) is 30.4 Å². The molecule has 0 rings (SSSR count). The van der Waals surface area contributed by atoms with Gasteiger partial charge in [0.15, 0.2) is 0 Å². The molecule has 0 radical (unpaired) electrons. The lowest BCUT2D eigenvalue weighted by molar-refractivity contribution is 0.0441. The summed E-state index contributed by atoms with van der Waals surface area (Å²) in [5.41, 5.74) is 11.8. The topological polar surface area (TPSA) is 132 Å². The maximum Gasteiger partial charge on any atom is 0.532 e. The zero-order valence-electron chi connectivity index (χ0n) is 6.19. The summed E-state index contributed by atoms with van der Waals surface area (Å²) >= 11 is 0. The van der Waals surface area contributed by atoms with Crippen LogP contribution in [0.4, 0.5) is 4.79 Å². The molecule has 0 fully saturated rings. The summed E-state index contributed by atoms with van der Waals surface area (Å²) in [6, 6.07) is -0.248. The van der Waals surface area contributed by atoms with Gasteiger partial charge in [-0.3, -0.25) is 4.84 Å². The number of hydrazone groups is 1. The Labute approximate surface area is 68.1 Å². The molecule has 8 nitrogen and oxygen atoms in total. The lowest BCUT2D eigenvalue weighted by Crippen LogP contribution is -2.24. The highest BCUT2D eigenvalue weighted by Gasteiger charge is 1.94. The summed E-state index contributed by atoms with van der Waals surface area (Å²) in [6.45, 7) is 0.486. The maximum absolute atomic E-state index is 9.74. The van der Waals surface area contributed by atoms with Crippen LogP contribution in [0.1, 0.15) is 0 Å². The lowest BCUT2D eigenvalue weighted by atomic mass is 10.7. The SMILES string of the molecule is NCCOC(N)=NNOC(=O)O. The van der Waals surface area contributed by atoms with Gasteiger partial charge in [0, 0.05) is 6.54 Å². The number of carboxylic acid groups (broad SMARTS) is 1. The first-order chi connectivity index (χ1) is 5.66. The first kappa shape index (κ1) is 10.3. The van der Waals surface area contributed by atoms with Crippen molar-refractivity contribution in [1.29, 1.82) is 0 Å². The summed E-state index contributed by atoms with van der Waals surface area (Å²) in [5, 5.41) is 11.1. The van der Waals surface area contributed by atoms with Gasteiger partial charge < -0.3 is 21.3 Å². The van der Waals surface area contributed by atoms with Gasteiger partial charge in [-0.15, -0.1) is 5.59 Å². The number of nitrogens with two attached hydrogens (primary N) is 2. The molecule has 0 saturated heterocycles. The second kappa shape index (κ2) is 6.04. The maximum atomic E-state index is 9.74. The molecule has 0 atom stereocenters. The Balaban J connectivity index is 3.47. The Morgan fingerprint density at radius 2 is 2.33 bits per heavy atom. The van der Waals surface area contributed by atoms with Crippen molar-refractivity contribution >= 4 is 12.2 Å². The van der Waals surface area contributed by atoms with Crippen molar-refractivity contribution in [3.63, 3.8) is 0 Å². The van der Waals surface area contributed by atoms with Gasteiger partial charge >= 0.3 is 12.2 Å². The van der Waals surface area contributed by atoms with E-state index in [0.717, 1.165) is 0 Å². The Bertz CT molecular complexity index is 170. The molecule has 0 unspecified atom stereocenters. The second-order valence-corrected chi connectivity index (χ2v) is 1.55. The Morgan fingerprint density at radius 1 is 1.67 bits per heavy atom. The molecule has 0 bridgehead atoms. The highest BCUT2D eigenvalue weighted by Crippen LogP contribution is 1.73. The number of nitrogens with one attached hydrogen (secondary N) is 1. The monoisotopic (exact) mass is 178 g/mol. The molecule has 8 heteroatoms. The Morgan fingerprint density at radius 3 is 2.83 bits per heavy atom. The summed E-state index contributed by atoms with van der Waals surface area (Å²) in [4.78, 5) is 13.5. The van der Waals surface area contributed by atoms with E-state index in [0.29, 0.717) is 0 Å². The quantitative estimate of drug-likeness (QED) is 0.231. The first-order valence-electron chi connectivity index (χ1n) is 2.97. The molecule has 0 aliphatic heterocycles. The van der Waals surface area contributed by atoms with Crippen molar-refractivity contribution in [2.24, 2.45) is 16.6 Å². The second-order valence-electron chi connectivity index (χ2n) is 1.55. The molecule has 0 aliphatic rings. The summed E-state index contributed by atoms with van der Waals surface area (Å²) in [7, 11) is 0. The zero-order valence-corrected chi connectivity index (χ0v) is 6.19. The molecule has 0 heterocycles. The van der Waals surface area contributed by atoms with Crippen molar-refractivity contribution in [2.75, 3.05) is 13.2 Å². The molecule has 12 heavy (non-hydrogen) atoms. The molecule has 0 saturated carbocycles. The third-order valence-corrected chi connectivity index (χ3v) is 0.657. The standard InChI is InChI=1S/C4H10N4O4/c5-1-2-11-3(6)7-8-12-4(9)10/h8H,1-2,5H2,(H2,6,7)(H,9,10). The molecule has 0 aromatic rings. The molecular weight excluding hydrogens is 168 g/mol. The van der Waals surface area contributed by atoms with E-state index in [-0.39, 0.29) is 19.2 Å². The minimum absolute atomic E-state index is 0.198. The van der Waals surface area contributed by atoms with Crippen LogP contribution in [0.15, 0.2) is 5.10 Å². The smallest absolute Gasteiger partial charge is 0.463 e. The van der Waals surface area contributed by atoms with E-state index in [1.165, 1.54) is 0 Å². The normalized spacial score (nSPS) is 10.6. The lowest BCUT2D eigenvalue weighted by Gasteiger charge is -2.01. The zero-order chi connectivity index (χ0) is 9.40. The van der Waals surface area contributed by atoms with E-state index in [4.69, 9.17) is 16.6 Å². The van der Waals surface area contributed by atoms with Crippen LogP contribution in [-0.2, 0) is 9.57 Å². The molecule has 0 amide bonds. The Kier molecular flexibility index (Phi) is 5.18. The van der Waals surface area contributed by atoms with Crippen LogP contribution >= 0.6 is 0 Å². The van der Waals surface area contributed by atoms with Crippen molar-refractivity contribution in [2.45, 2.75) is 0 Å². The summed E-state index contributed by atoms with van der Waals surface area (Å²) in [5.74, 6) is 0. The summed E-state index contributed by atoms with van der Waals surface area (Å²) < 4.78 is 4.64. The minimum atomic E-state index is -1.52. The molecule has 0 spiro atoms. The number of amidine groups is 1. The van der Waals surface area contributed by atoms with Gasteiger partial charge in [0.1, 0.15) is 6.61 Å². The predicted octanol–water partition coefficient (Wildman–Crippen LogP) is -1.61. The average Bonchev–Trinajstić information content (AvgIpc) is 2.00. The molecule has 70 valence electrons. The van der Waals surface area contributed by atoms with Crippen LogP contribution < -0.4 is 17.1 Å². The largest absolute Gasteiger partial charge is 0.532 e. The minimum Gasteiger partial charge on any atom is -0.463 e. The van der Waals surface area contributed by atoms with Gasteiger partial charge in [-0.1, -0.05) is 5.10 Å². The summed E-state index contributed by atoms with van der Waals surface area (Å²) in [6.07, 6.45) is -1.52. The van der Waals surface area contributed by atoms with Crippen LogP contribution in [0.3, 0.4) is 0 Å². The fourth-order valence-electron chi connectivity index (χ4n) is 0.303. The number of hydrogen-bond acceptors (Lipinski definition) is 6. The van der Waals surface area contributed by atoms with E-state index in [9.17, 15) is 4.79 Å². The van der Waals surface area contributed by atoms with Crippen LogP contribution in [0.5, 0.6) is 0 Å². The van der Waals surface area contributed by atoms with Crippen molar-refractivity contribution in [3.8, 4) is 0 Å². The molecule has 6 N–H and O–H groups in total. The number of rotatable bonds is 4. The van der Waals surface area contributed by atoms with Gasteiger partial charge in [-0.25, -0.2) is 4.79 Å². The molecular formula is C4H10N4O4. The van der Waals surface area contributed by atoms with Crippen LogP contribution in [0.2, 0.25) is 0 Å². The van der Waals surface area contributed by atoms with Gasteiger partial charge in [0.25, 0.3) is 0 Å². The van der Waals surface area contributed by atoms with Crippen molar-refractivity contribution in [1.82, 2.24) is 5.59 Å². The molecule has 0 aliphatic carbocycles. The average molecular weight is 178 g/mol. The van der Waals surface area contributed by atoms with Crippen LogP contribution in [0, 0.1) is 0 Å². The molecule has 0 aromatic carbocycles. The number of hydrogen-bond donors (Lipinski definition) is 4. The van der Waals surface area contributed by atoms with Crippen molar-refractivity contribution in [3.05, 3.63) is 0 Å². The van der Waals surface area contributed by atoms with E-state index in [1.54, 1.807) is 5.59 Å². The first-order valence-corrected chi connectivity index (χ1v) is 2.97. The fraction of sp³-hybridized carbons (Fsp3) is 0.500. The highest BCUT2D eigenvalue weighted by molar-refractivity contribution is 5.71. The van der Waals surface area contributed by atoms with Gasteiger partial charge in [0.05, 0.1) is 0 Å². The van der Waals surface area contributed by atoms with E-state index >= 15 is 0 Å². The van der Waals surface area contributed by atoms with E-state index in [2.05, 4.69) is 14.7 Å². The predicted molar refractivity (Wildman–Crippen MR) is 38.9 cm³/mol. The van der Waals surface area contributed by atoms with E-state index < -0.39 is 6.16 Å². The third kappa shape index (κ3) is 6.42. The fourth-order valence-corrected chi connectivity index (χ4v) is 0.303. The van der Waals surface area contributed by atoms with Crippen molar-refractivity contribution < 1.29 is 19.5 Å². The molecule has 0 aromatic heterocycles.